The zero-order valence-corrected chi connectivity index (χ0v) is 17.4. The molecule has 0 radical (unpaired) electrons. The summed E-state index contributed by atoms with van der Waals surface area (Å²) in [6, 6.07) is 6.87. The smallest absolute Gasteiger partial charge is 0.274 e. The van der Waals surface area contributed by atoms with Gasteiger partial charge in [-0.3, -0.25) is 9.48 Å². The van der Waals surface area contributed by atoms with Gasteiger partial charge in [0, 0.05) is 48.4 Å². The van der Waals surface area contributed by atoms with Gasteiger partial charge in [0.15, 0.2) is 5.69 Å². The SMILES string of the molecule is C=CCn1nc(C(=O)N2CCSCC2)c2c1CC[C@H](NCc1ccc(F)cc1)C2. The standard InChI is InChI=1S/C22H27FN4OS/c1-2-9-27-20-8-7-18(24-15-16-3-5-17(23)6-4-16)14-19(20)21(25-27)22(28)26-10-12-29-13-11-26/h2-6,18,24H,1,7-15H2/t18-/m0/s1. The second kappa shape index (κ2) is 9.13. The summed E-state index contributed by atoms with van der Waals surface area (Å²) >= 11 is 1.89. The average Bonchev–Trinajstić information content (AvgIpc) is 3.11. The van der Waals surface area contributed by atoms with E-state index in [1.165, 1.54) is 17.8 Å². The predicted molar refractivity (Wildman–Crippen MR) is 115 cm³/mol. The Morgan fingerprint density at radius 3 is 2.79 bits per heavy atom. The average molecular weight is 415 g/mol. The van der Waals surface area contributed by atoms with Crippen LogP contribution in [0.3, 0.4) is 0 Å². The van der Waals surface area contributed by atoms with Gasteiger partial charge < -0.3 is 10.2 Å². The minimum Gasteiger partial charge on any atom is -0.336 e. The number of allylic oxidation sites excluding steroid dienone is 1. The van der Waals surface area contributed by atoms with Crippen molar-refractivity contribution in [2.45, 2.75) is 38.4 Å². The van der Waals surface area contributed by atoms with E-state index in [-0.39, 0.29) is 17.8 Å². The number of aromatic nitrogens is 2. The summed E-state index contributed by atoms with van der Waals surface area (Å²) in [7, 11) is 0. The predicted octanol–water partition coefficient (Wildman–Crippen LogP) is 3.04. The molecule has 7 heteroatoms. The van der Waals surface area contributed by atoms with E-state index in [1.807, 2.05) is 39.6 Å². The maximum Gasteiger partial charge on any atom is 0.274 e. The molecular formula is C22H27FN4OS. The van der Waals surface area contributed by atoms with Crippen LogP contribution in [0.5, 0.6) is 0 Å². The Bertz CT molecular complexity index is 874. The molecule has 0 saturated carbocycles. The minimum atomic E-state index is -0.218. The van der Waals surface area contributed by atoms with Crippen molar-refractivity contribution in [3.63, 3.8) is 0 Å². The van der Waals surface area contributed by atoms with Crippen LogP contribution in [-0.4, -0.2) is 51.2 Å². The third-order valence-electron chi connectivity index (χ3n) is 5.66. The van der Waals surface area contributed by atoms with Crippen molar-refractivity contribution in [2.75, 3.05) is 24.6 Å². The van der Waals surface area contributed by atoms with Gasteiger partial charge in [-0.05, 0) is 37.0 Å². The first-order chi connectivity index (χ1) is 14.2. The Hall–Kier alpha value is -2.12. The molecule has 0 spiro atoms. The van der Waals surface area contributed by atoms with Gasteiger partial charge >= 0.3 is 0 Å². The largest absolute Gasteiger partial charge is 0.336 e. The molecule has 2 aromatic rings. The van der Waals surface area contributed by atoms with Gasteiger partial charge in [-0.2, -0.15) is 16.9 Å². The molecule has 1 aliphatic carbocycles. The lowest BCUT2D eigenvalue weighted by atomic mass is 9.91. The van der Waals surface area contributed by atoms with Crippen LogP contribution in [0, 0.1) is 5.82 Å². The number of carbonyl (C=O) groups is 1. The molecule has 0 bridgehead atoms. The topological polar surface area (TPSA) is 50.2 Å². The van der Waals surface area contributed by atoms with Crippen molar-refractivity contribution in [2.24, 2.45) is 0 Å². The summed E-state index contributed by atoms with van der Waals surface area (Å²) in [5.74, 6) is 1.82. The molecule has 1 saturated heterocycles. The van der Waals surface area contributed by atoms with E-state index in [9.17, 15) is 9.18 Å². The molecule has 1 amide bonds. The van der Waals surface area contributed by atoms with E-state index in [4.69, 9.17) is 5.10 Å². The fourth-order valence-electron chi connectivity index (χ4n) is 4.09. The number of halogens is 1. The Morgan fingerprint density at radius 2 is 2.07 bits per heavy atom. The van der Waals surface area contributed by atoms with Crippen LogP contribution in [0.25, 0.3) is 0 Å². The Kier molecular flexibility index (Phi) is 6.35. The molecule has 1 aromatic heterocycles. The number of nitrogens with zero attached hydrogens (tertiary/aromatic N) is 3. The van der Waals surface area contributed by atoms with Crippen LogP contribution in [0.4, 0.5) is 4.39 Å². The lowest BCUT2D eigenvalue weighted by Gasteiger charge is -2.27. The highest BCUT2D eigenvalue weighted by atomic mass is 32.2. The number of hydrogen-bond acceptors (Lipinski definition) is 4. The molecule has 1 fully saturated rings. The molecule has 154 valence electrons. The zero-order valence-electron chi connectivity index (χ0n) is 16.6. The molecule has 1 aliphatic heterocycles. The zero-order chi connectivity index (χ0) is 20.2. The number of nitrogens with one attached hydrogen (secondary N) is 1. The van der Waals surface area contributed by atoms with Crippen LogP contribution < -0.4 is 5.32 Å². The first kappa shape index (κ1) is 20.2. The molecule has 5 nitrogen and oxygen atoms in total. The summed E-state index contributed by atoms with van der Waals surface area (Å²) in [5, 5.41) is 8.27. The first-order valence-corrected chi connectivity index (χ1v) is 11.4. The molecule has 2 aliphatic rings. The number of rotatable bonds is 6. The third kappa shape index (κ3) is 4.56. The Labute approximate surface area is 175 Å². The minimum absolute atomic E-state index is 0.0588. The van der Waals surface area contributed by atoms with Crippen molar-refractivity contribution >= 4 is 17.7 Å². The number of benzene rings is 1. The number of fused-ring (bicyclic) bond motifs is 1. The highest BCUT2D eigenvalue weighted by Crippen LogP contribution is 2.27. The van der Waals surface area contributed by atoms with E-state index in [2.05, 4.69) is 11.9 Å². The fourth-order valence-corrected chi connectivity index (χ4v) is 4.99. The molecule has 4 rings (SSSR count). The van der Waals surface area contributed by atoms with Crippen LogP contribution in [0.15, 0.2) is 36.9 Å². The van der Waals surface area contributed by atoms with Gasteiger partial charge in [0.05, 0.1) is 6.54 Å². The molecule has 1 atom stereocenters. The van der Waals surface area contributed by atoms with E-state index >= 15 is 0 Å². The second-order valence-electron chi connectivity index (χ2n) is 7.60. The second-order valence-corrected chi connectivity index (χ2v) is 8.82. The number of thioether (sulfide) groups is 1. The molecular weight excluding hydrogens is 387 g/mol. The van der Waals surface area contributed by atoms with E-state index in [1.54, 1.807) is 0 Å². The van der Waals surface area contributed by atoms with Crippen molar-refractivity contribution < 1.29 is 9.18 Å². The molecule has 0 unspecified atom stereocenters. The Balaban J connectivity index is 1.51. The molecule has 2 heterocycles. The summed E-state index contributed by atoms with van der Waals surface area (Å²) in [6.45, 7) is 6.73. The fraction of sp³-hybridized carbons (Fsp3) is 0.455. The Morgan fingerprint density at radius 1 is 1.31 bits per heavy atom. The summed E-state index contributed by atoms with van der Waals surface area (Å²) in [6.07, 6.45) is 4.50. The van der Waals surface area contributed by atoms with Crippen LogP contribution >= 0.6 is 11.8 Å². The monoisotopic (exact) mass is 414 g/mol. The number of amides is 1. The maximum absolute atomic E-state index is 13.2. The number of carbonyl (C=O) groups excluding carboxylic acids is 1. The highest BCUT2D eigenvalue weighted by molar-refractivity contribution is 7.99. The quantitative estimate of drug-likeness (QED) is 0.739. The van der Waals surface area contributed by atoms with Gasteiger partial charge in [-0.15, -0.1) is 6.58 Å². The van der Waals surface area contributed by atoms with Crippen molar-refractivity contribution in [3.05, 3.63) is 65.3 Å². The van der Waals surface area contributed by atoms with E-state index < -0.39 is 0 Å². The normalized spacial score (nSPS) is 19.1. The first-order valence-electron chi connectivity index (χ1n) is 10.2. The lowest BCUT2D eigenvalue weighted by Crippen LogP contribution is -2.39. The molecule has 29 heavy (non-hydrogen) atoms. The van der Waals surface area contributed by atoms with E-state index in [0.717, 1.165) is 55.0 Å². The molecule has 1 aromatic carbocycles. The van der Waals surface area contributed by atoms with Crippen molar-refractivity contribution in [3.8, 4) is 0 Å². The molecule has 1 N–H and O–H groups in total. The highest BCUT2D eigenvalue weighted by Gasteiger charge is 2.31. The van der Waals surface area contributed by atoms with Gasteiger partial charge in [0.25, 0.3) is 5.91 Å². The van der Waals surface area contributed by atoms with E-state index in [0.29, 0.717) is 18.8 Å². The van der Waals surface area contributed by atoms with Crippen LogP contribution in [-0.2, 0) is 25.9 Å². The van der Waals surface area contributed by atoms with Gasteiger partial charge in [-0.25, -0.2) is 4.39 Å². The summed E-state index contributed by atoms with van der Waals surface area (Å²) in [4.78, 5) is 15.1. The van der Waals surface area contributed by atoms with Gasteiger partial charge in [0.1, 0.15) is 5.82 Å². The van der Waals surface area contributed by atoms with Crippen molar-refractivity contribution in [1.29, 1.82) is 0 Å². The lowest BCUT2D eigenvalue weighted by molar-refractivity contribution is 0.0764. The maximum atomic E-state index is 13.2. The third-order valence-corrected chi connectivity index (χ3v) is 6.60. The van der Waals surface area contributed by atoms with Crippen molar-refractivity contribution in [1.82, 2.24) is 20.0 Å². The summed E-state index contributed by atoms with van der Waals surface area (Å²) in [5.41, 5.74) is 3.92. The van der Waals surface area contributed by atoms with Crippen LogP contribution in [0.2, 0.25) is 0 Å². The van der Waals surface area contributed by atoms with Gasteiger partial charge in [-0.1, -0.05) is 18.2 Å². The number of hydrogen-bond donors (Lipinski definition) is 1. The van der Waals surface area contributed by atoms with Gasteiger partial charge in [0.2, 0.25) is 0 Å². The van der Waals surface area contributed by atoms with Crippen LogP contribution in [0.1, 0.15) is 33.7 Å². The summed E-state index contributed by atoms with van der Waals surface area (Å²) < 4.78 is 15.1.